The highest BCUT2D eigenvalue weighted by Crippen LogP contribution is 2.11. The van der Waals surface area contributed by atoms with Gasteiger partial charge in [0.2, 0.25) is 0 Å². The van der Waals surface area contributed by atoms with E-state index in [4.69, 9.17) is 0 Å². The summed E-state index contributed by atoms with van der Waals surface area (Å²) in [6.07, 6.45) is 1.20. The van der Waals surface area contributed by atoms with Crippen LogP contribution < -0.4 is 0 Å². The van der Waals surface area contributed by atoms with E-state index in [-0.39, 0.29) is 7.43 Å². The maximum Gasteiger partial charge on any atom is -0.0219 e. The molecule has 2 aromatic carbocycles. The van der Waals surface area contributed by atoms with Gasteiger partial charge in [-0.1, -0.05) is 95.8 Å². The van der Waals surface area contributed by atoms with Crippen LogP contribution in [0, 0.1) is 5.92 Å². The first-order valence-corrected chi connectivity index (χ1v) is 7.18. The molecule has 20 heavy (non-hydrogen) atoms. The van der Waals surface area contributed by atoms with Crippen molar-refractivity contribution in [3.05, 3.63) is 71.8 Å². The number of benzene rings is 2. The van der Waals surface area contributed by atoms with Crippen molar-refractivity contribution in [2.75, 3.05) is 0 Å². The van der Waals surface area contributed by atoms with E-state index >= 15 is 0 Å². The van der Waals surface area contributed by atoms with Crippen molar-refractivity contribution >= 4 is 0 Å². The second-order valence-corrected chi connectivity index (χ2v) is 5.65. The molecule has 0 atom stereocenters. The average molecular weight is 270 g/mol. The summed E-state index contributed by atoms with van der Waals surface area (Å²) in [5, 5.41) is 0. The number of rotatable bonds is 3. The van der Waals surface area contributed by atoms with Crippen LogP contribution in [0.15, 0.2) is 60.7 Å². The standard InChI is InChI=1S/C10H14.C9H12.CH4/c1-9(2)8-10-6-4-3-5-7-10;1-8(2)9-6-4-3-5-7-9;/h3-7,9H,8H2,1-2H3;3-8H,1-2H3;1H4. The van der Waals surface area contributed by atoms with Gasteiger partial charge in [0.15, 0.2) is 0 Å². The molecule has 0 heterocycles. The third-order valence-electron chi connectivity index (χ3n) is 2.95. The van der Waals surface area contributed by atoms with Gasteiger partial charge in [0.25, 0.3) is 0 Å². The third-order valence-corrected chi connectivity index (χ3v) is 2.95. The summed E-state index contributed by atoms with van der Waals surface area (Å²) < 4.78 is 0. The fraction of sp³-hybridized carbons (Fsp3) is 0.400. The molecule has 2 rings (SSSR count). The molecular weight excluding hydrogens is 240 g/mol. The Balaban J connectivity index is 0.000000345. The van der Waals surface area contributed by atoms with Crippen LogP contribution in [0.1, 0.15) is 52.2 Å². The van der Waals surface area contributed by atoms with E-state index in [1.807, 2.05) is 6.07 Å². The van der Waals surface area contributed by atoms with E-state index in [1.165, 1.54) is 17.5 Å². The molecule has 0 saturated carbocycles. The molecular formula is C20H30. The second-order valence-electron chi connectivity index (χ2n) is 5.65. The molecule has 0 amide bonds. The molecule has 0 unspecified atom stereocenters. The monoisotopic (exact) mass is 270 g/mol. The molecule has 0 bridgehead atoms. The van der Waals surface area contributed by atoms with Crippen LogP contribution in [0.2, 0.25) is 0 Å². The van der Waals surface area contributed by atoms with Gasteiger partial charge in [0, 0.05) is 0 Å². The highest BCUT2D eigenvalue weighted by Gasteiger charge is 1.94. The Morgan fingerprint density at radius 3 is 1.50 bits per heavy atom. The van der Waals surface area contributed by atoms with Crippen LogP contribution in [0.4, 0.5) is 0 Å². The summed E-state index contributed by atoms with van der Waals surface area (Å²) >= 11 is 0. The van der Waals surface area contributed by atoms with Gasteiger partial charge in [0.05, 0.1) is 0 Å². The summed E-state index contributed by atoms with van der Waals surface area (Å²) in [5.41, 5.74) is 2.86. The minimum Gasteiger partial charge on any atom is -0.0776 e. The van der Waals surface area contributed by atoms with Gasteiger partial charge < -0.3 is 0 Å². The predicted molar refractivity (Wildman–Crippen MR) is 92.2 cm³/mol. The van der Waals surface area contributed by atoms with Gasteiger partial charge in [-0.25, -0.2) is 0 Å². The van der Waals surface area contributed by atoms with Crippen molar-refractivity contribution in [3.63, 3.8) is 0 Å². The zero-order chi connectivity index (χ0) is 14.1. The fourth-order valence-electron chi connectivity index (χ4n) is 1.92. The highest BCUT2D eigenvalue weighted by molar-refractivity contribution is 5.17. The van der Waals surface area contributed by atoms with Gasteiger partial charge in [0.1, 0.15) is 0 Å². The van der Waals surface area contributed by atoms with Gasteiger partial charge in [-0.15, -0.1) is 0 Å². The Morgan fingerprint density at radius 2 is 1.15 bits per heavy atom. The summed E-state index contributed by atoms with van der Waals surface area (Å²) in [5.74, 6) is 1.42. The van der Waals surface area contributed by atoms with Crippen molar-refractivity contribution in [1.82, 2.24) is 0 Å². The van der Waals surface area contributed by atoms with E-state index in [2.05, 4.69) is 82.3 Å². The lowest BCUT2D eigenvalue weighted by Crippen LogP contribution is -1.92. The Morgan fingerprint density at radius 1 is 0.700 bits per heavy atom. The SMILES string of the molecule is C.CC(C)Cc1ccccc1.CC(C)c1ccccc1. The normalized spacial score (nSPS) is 9.70. The fourth-order valence-corrected chi connectivity index (χ4v) is 1.92. The van der Waals surface area contributed by atoms with Crippen molar-refractivity contribution in [2.45, 2.75) is 47.5 Å². The Labute approximate surface area is 125 Å². The zero-order valence-electron chi connectivity index (χ0n) is 12.6. The van der Waals surface area contributed by atoms with Crippen molar-refractivity contribution in [1.29, 1.82) is 0 Å². The van der Waals surface area contributed by atoms with Crippen LogP contribution >= 0.6 is 0 Å². The van der Waals surface area contributed by atoms with E-state index in [1.54, 1.807) is 0 Å². The average Bonchev–Trinajstić information content (AvgIpc) is 2.41. The topological polar surface area (TPSA) is 0 Å². The Hall–Kier alpha value is -1.56. The molecule has 0 spiro atoms. The second kappa shape index (κ2) is 10.3. The van der Waals surface area contributed by atoms with E-state index in [9.17, 15) is 0 Å². The maximum atomic E-state index is 2.24. The quantitative estimate of drug-likeness (QED) is 0.611. The zero-order valence-corrected chi connectivity index (χ0v) is 12.6. The van der Waals surface area contributed by atoms with E-state index < -0.39 is 0 Å². The minimum absolute atomic E-state index is 0. The van der Waals surface area contributed by atoms with Gasteiger partial charge >= 0.3 is 0 Å². The first-order chi connectivity index (χ1) is 9.09. The van der Waals surface area contributed by atoms with Crippen molar-refractivity contribution in [2.24, 2.45) is 5.92 Å². The maximum absolute atomic E-state index is 2.24. The molecule has 0 heteroatoms. The molecule has 0 aliphatic carbocycles. The molecule has 0 radical (unpaired) electrons. The third kappa shape index (κ3) is 7.78. The molecule has 110 valence electrons. The number of hydrogen-bond acceptors (Lipinski definition) is 0. The van der Waals surface area contributed by atoms with E-state index in [0.717, 1.165) is 5.92 Å². The summed E-state index contributed by atoms with van der Waals surface area (Å²) in [4.78, 5) is 0. The van der Waals surface area contributed by atoms with Crippen LogP contribution in [0.25, 0.3) is 0 Å². The lowest BCUT2D eigenvalue weighted by Gasteiger charge is -2.02. The number of hydrogen-bond donors (Lipinski definition) is 0. The molecule has 0 aliphatic rings. The van der Waals surface area contributed by atoms with Crippen LogP contribution in [-0.2, 0) is 6.42 Å². The van der Waals surface area contributed by atoms with E-state index in [0.29, 0.717) is 5.92 Å². The summed E-state index contributed by atoms with van der Waals surface area (Å²) in [7, 11) is 0. The minimum atomic E-state index is 0. The van der Waals surface area contributed by atoms with Crippen LogP contribution in [0.3, 0.4) is 0 Å². The largest absolute Gasteiger partial charge is 0.0776 e. The first-order valence-electron chi connectivity index (χ1n) is 7.18. The molecule has 0 aromatic heterocycles. The first kappa shape index (κ1) is 18.4. The van der Waals surface area contributed by atoms with Crippen molar-refractivity contribution < 1.29 is 0 Å². The Bertz CT molecular complexity index is 426. The van der Waals surface area contributed by atoms with Crippen molar-refractivity contribution in [3.8, 4) is 0 Å². The molecule has 0 nitrogen and oxygen atoms in total. The smallest absolute Gasteiger partial charge is 0.0219 e. The molecule has 0 fully saturated rings. The van der Waals surface area contributed by atoms with Gasteiger partial charge in [-0.05, 0) is 29.4 Å². The summed E-state index contributed by atoms with van der Waals surface area (Å²) in [6.45, 7) is 8.89. The van der Waals surface area contributed by atoms with Gasteiger partial charge in [-0.3, -0.25) is 0 Å². The Kier molecular flexibility index (Phi) is 9.45. The lowest BCUT2D eigenvalue weighted by atomic mass is 10.0. The predicted octanol–water partition coefficient (Wildman–Crippen LogP) is 6.33. The molecule has 2 aromatic rings. The highest BCUT2D eigenvalue weighted by atomic mass is 14.0. The lowest BCUT2D eigenvalue weighted by molar-refractivity contribution is 0.647. The molecule has 0 N–H and O–H groups in total. The van der Waals surface area contributed by atoms with Crippen LogP contribution in [-0.4, -0.2) is 0 Å². The van der Waals surface area contributed by atoms with Gasteiger partial charge in [-0.2, -0.15) is 0 Å². The molecule has 0 aliphatic heterocycles. The molecule has 0 saturated heterocycles. The summed E-state index contributed by atoms with van der Waals surface area (Å²) in [6, 6.07) is 21.1. The van der Waals surface area contributed by atoms with Crippen LogP contribution in [0.5, 0.6) is 0 Å².